The second kappa shape index (κ2) is 7.82. The van der Waals surface area contributed by atoms with Crippen molar-refractivity contribution >= 4 is 18.5 Å². The Bertz CT molecular complexity index is 485. The van der Waals surface area contributed by atoms with Crippen LogP contribution in [0.2, 0.25) is 0 Å². The van der Waals surface area contributed by atoms with E-state index in [1.165, 1.54) is 0 Å². The molecule has 1 aliphatic heterocycles. The highest BCUT2D eigenvalue weighted by atomic mass is 32.1. The quantitative estimate of drug-likeness (QED) is 0.728. The molecule has 1 aliphatic rings. The summed E-state index contributed by atoms with van der Waals surface area (Å²) >= 11 is 4.38. The predicted octanol–water partition coefficient (Wildman–Crippen LogP) is 1.86. The number of thiol groups is 1. The lowest BCUT2D eigenvalue weighted by atomic mass is 10.0. The summed E-state index contributed by atoms with van der Waals surface area (Å²) in [6.07, 6.45) is 2.75. The molecule has 21 heavy (non-hydrogen) atoms. The topological polar surface area (TPSA) is 52.6 Å². The molecular weight excluding hydrogens is 284 g/mol. The molecular formula is C16H24N2O2S. The molecule has 0 aromatic heterocycles. The van der Waals surface area contributed by atoms with E-state index in [1.54, 1.807) is 0 Å². The van der Waals surface area contributed by atoms with Gasteiger partial charge < -0.3 is 15.3 Å². The summed E-state index contributed by atoms with van der Waals surface area (Å²) in [5, 5.41) is 12.0. The molecule has 5 heteroatoms. The molecule has 116 valence electrons. The van der Waals surface area contributed by atoms with Crippen LogP contribution in [-0.2, 0) is 0 Å². The summed E-state index contributed by atoms with van der Waals surface area (Å²) in [5.41, 5.74) is 1.75. The maximum Gasteiger partial charge on any atom is 0.252 e. The summed E-state index contributed by atoms with van der Waals surface area (Å²) in [4.78, 5) is 15.4. The van der Waals surface area contributed by atoms with Gasteiger partial charge in [-0.2, -0.15) is 0 Å². The number of carbonyl (C=O) groups is 1. The summed E-state index contributed by atoms with van der Waals surface area (Å²) in [6.45, 7) is 5.13. The first kappa shape index (κ1) is 16.3. The summed E-state index contributed by atoms with van der Waals surface area (Å²) < 4.78 is 0. The van der Waals surface area contributed by atoms with Gasteiger partial charge in [-0.1, -0.05) is 6.07 Å². The minimum Gasteiger partial charge on any atom is -0.396 e. The van der Waals surface area contributed by atoms with Crippen LogP contribution >= 0.6 is 12.6 Å². The average molecular weight is 308 g/mol. The summed E-state index contributed by atoms with van der Waals surface area (Å²) in [6, 6.07) is 5.92. The van der Waals surface area contributed by atoms with Crippen LogP contribution in [-0.4, -0.2) is 48.2 Å². The third-order valence-corrected chi connectivity index (χ3v) is 4.32. The van der Waals surface area contributed by atoms with Crippen LogP contribution in [0.25, 0.3) is 0 Å². The van der Waals surface area contributed by atoms with Gasteiger partial charge in [0.1, 0.15) is 0 Å². The van der Waals surface area contributed by atoms with E-state index < -0.39 is 0 Å². The van der Waals surface area contributed by atoms with Crippen LogP contribution in [0.4, 0.5) is 0 Å². The van der Waals surface area contributed by atoms with Crippen molar-refractivity contribution in [1.29, 1.82) is 0 Å². The van der Waals surface area contributed by atoms with Crippen molar-refractivity contribution in [3.63, 3.8) is 0 Å². The molecule has 0 radical (unpaired) electrons. The van der Waals surface area contributed by atoms with Gasteiger partial charge in [0.2, 0.25) is 0 Å². The van der Waals surface area contributed by atoms with E-state index in [0.29, 0.717) is 5.56 Å². The molecule has 1 aromatic carbocycles. The molecule has 0 saturated carbocycles. The first-order valence-corrected chi connectivity index (χ1v) is 7.98. The van der Waals surface area contributed by atoms with E-state index in [0.717, 1.165) is 49.4 Å². The van der Waals surface area contributed by atoms with E-state index in [4.69, 9.17) is 5.11 Å². The van der Waals surface area contributed by atoms with Crippen molar-refractivity contribution in [2.75, 3.05) is 26.2 Å². The van der Waals surface area contributed by atoms with Gasteiger partial charge in [-0.05, 0) is 43.9 Å². The lowest BCUT2D eigenvalue weighted by Crippen LogP contribution is -2.45. The average Bonchev–Trinajstić information content (AvgIpc) is 2.46. The van der Waals surface area contributed by atoms with Crippen molar-refractivity contribution in [1.82, 2.24) is 10.2 Å². The Morgan fingerprint density at radius 3 is 2.76 bits per heavy atom. The Balaban J connectivity index is 1.84. The molecule has 1 saturated heterocycles. The van der Waals surface area contributed by atoms with E-state index in [1.807, 2.05) is 25.1 Å². The Morgan fingerprint density at radius 2 is 2.14 bits per heavy atom. The number of likely N-dealkylation sites (tertiary alicyclic amines) is 1. The number of benzene rings is 1. The minimum absolute atomic E-state index is 0.0335. The zero-order valence-corrected chi connectivity index (χ0v) is 13.4. The van der Waals surface area contributed by atoms with E-state index in [2.05, 4.69) is 22.8 Å². The maximum absolute atomic E-state index is 12.3. The minimum atomic E-state index is -0.0335. The SMILES string of the molecule is Cc1ccc(C(=O)NC2CCN(CCCO)CC2)c(S)c1. The number of aryl methyl sites for hydroxylation is 1. The van der Waals surface area contributed by atoms with Gasteiger partial charge in [0, 0.05) is 37.2 Å². The van der Waals surface area contributed by atoms with Crippen molar-refractivity contribution in [3.8, 4) is 0 Å². The van der Waals surface area contributed by atoms with Gasteiger partial charge in [0.15, 0.2) is 0 Å². The first-order valence-electron chi connectivity index (χ1n) is 7.54. The fourth-order valence-electron chi connectivity index (χ4n) is 2.69. The van der Waals surface area contributed by atoms with Gasteiger partial charge in [-0.15, -0.1) is 12.6 Å². The van der Waals surface area contributed by atoms with Crippen molar-refractivity contribution in [2.45, 2.75) is 37.1 Å². The standard InChI is InChI=1S/C16H24N2O2S/c1-12-3-4-14(15(21)11-12)16(20)17-13-5-8-18(9-6-13)7-2-10-19/h3-4,11,13,19,21H,2,5-10H2,1H3,(H,17,20). The third-order valence-electron chi connectivity index (χ3n) is 3.95. The molecule has 2 N–H and O–H groups in total. The predicted molar refractivity (Wildman–Crippen MR) is 87.1 cm³/mol. The Hall–Kier alpha value is -1.04. The molecule has 1 amide bonds. The molecule has 1 heterocycles. The first-order chi connectivity index (χ1) is 10.1. The molecule has 0 unspecified atom stereocenters. The molecule has 0 aliphatic carbocycles. The van der Waals surface area contributed by atoms with Crippen LogP contribution in [0.5, 0.6) is 0 Å². The number of hydrogen-bond donors (Lipinski definition) is 3. The second-order valence-corrected chi connectivity index (χ2v) is 6.17. The van der Waals surface area contributed by atoms with Crippen LogP contribution < -0.4 is 5.32 Å². The number of aliphatic hydroxyl groups is 1. The van der Waals surface area contributed by atoms with Crippen molar-refractivity contribution in [3.05, 3.63) is 29.3 Å². The number of amides is 1. The van der Waals surface area contributed by atoms with Gasteiger partial charge in [-0.3, -0.25) is 4.79 Å². The lowest BCUT2D eigenvalue weighted by Gasteiger charge is -2.32. The monoisotopic (exact) mass is 308 g/mol. The molecule has 1 fully saturated rings. The number of aliphatic hydroxyl groups excluding tert-OH is 1. The molecule has 0 atom stereocenters. The number of piperidine rings is 1. The molecule has 0 spiro atoms. The highest BCUT2D eigenvalue weighted by molar-refractivity contribution is 7.80. The van der Waals surface area contributed by atoms with Gasteiger partial charge in [0.05, 0.1) is 5.56 Å². The normalized spacial score (nSPS) is 16.9. The molecule has 1 aromatic rings. The summed E-state index contributed by atoms with van der Waals surface area (Å²) in [5.74, 6) is -0.0335. The van der Waals surface area contributed by atoms with Crippen LogP contribution in [0, 0.1) is 6.92 Å². The van der Waals surface area contributed by atoms with Crippen LogP contribution in [0.15, 0.2) is 23.1 Å². The number of nitrogens with one attached hydrogen (secondary N) is 1. The van der Waals surface area contributed by atoms with Crippen LogP contribution in [0.3, 0.4) is 0 Å². The highest BCUT2D eigenvalue weighted by Crippen LogP contribution is 2.17. The molecule has 0 bridgehead atoms. The fraction of sp³-hybridized carbons (Fsp3) is 0.562. The van der Waals surface area contributed by atoms with Gasteiger partial charge in [-0.25, -0.2) is 0 Å². The maximum atomic E-state index is 12.3. The summed E-state index contributed by atoms with van der Waals surface area (Å²) in [7, 11) is 0. The zero-order valence-electron chi connectivity index (χ0n) is 12.5. The number of carbonyl (C=O) groups excluding carboxylic acids is 1. The number of rotatable bonds is 5. The van der Waals surface area contributed by atoms with Crippen LogP contribution in [0.1, 0.15) is 35.2 Å². The third kappa shape index (κ3) is 4.73. The fourth-order valence-corrected chi connectivity index (χ4v) is 3.07. The Kier molecular flexibility index (Phi) is 6.08. The van der Waals surface area contributed by atoms with Gasteiger partial charge in [0.25, 0.3) is 5.91 Å². The number of nitrogens with zero attached hydrogens (tertiary/aromatic N) is 1. The van der Waals surface area contributed by atoms with E-state index in [9.17, 15) is 4.79 Å². The van der Waals surface area contributed by atoms with Crippen molar-refractivity contribution < 1.29 is 9.90 Å². The zero-order chi connectivity index (χ0) is 15.2. The smallest absolute Gasteiger partial charge is 0.252 e. The van der Waals surface area contributed by atoms with Crippen molar-refractivity contribution in [2.24, 2.45) is 0 Å². The second-order valence-electron chi connectivity index (χ2n) is 5.69. The Labute approximate surface area is 131 Å². The Morgan fingerprint density at radius 1 is 1.43 bits per heavy atom. The van der Waals surface area contributed by atoms with Gasteiger partial charge >= 0.3 is 0 Å². The lowest BCUT2D eigenvalue weighted by molar-refractivity contribution is 0.0906. The van der Waals surface area contributed by atoms with E-state index >= 15 is 0 Å². The van der Waals surface area contributed by atoms with E-state index in [-0.39, 0.29) is 18.6 Å². The molecule has 2 rings (SSSR count). The largest absolute Gasteiger partial charge is 0.396 e. The number of hydrogen-bond acceptors (Lipinski definition) is 4. The highest BCUT2D eigenvalue weighted by Gasteiger charge is 2.21. The molecule has 4 nitrogen and oxygen atoms in total.